The minimum Gasteiger partial charge on any atom is -0.350 e. The van der Waals surface area contributed by atoms with Gasteiger partial charge in [-0.3, -0.25) is 4.79 Å². The molecule has 0 aliphatic rings. The fourth-order valence-corrected chi connectivity index (χ4v) is 1.66. The maximum Gasteiger partial charge on any atom is 0.240 e. The summed E-state index contributed by atoms with van der Waals surface area (Å²) in [5.74, 6) is -0.105. The summed E-state index contributed by atoms with van der Waals surface area (Å²) in [5.41, 5.74) is 1.55. The molecule has 2 aromatic rings. The van der Waals surface area contributed by atoms with Crippen molar-refractivity contribution in [2.24, 2.45) is 0 Å². The van der Waals surface area contributed by atoms with E-state index in [0.717, 1.165) is 5.56 Å². The van der Waals surface area contributed by atoms with E-state index in [-0.39, 0.29) is 12.5 Å². The second kappa shape index (κ2) is 5.69. The van der Waals surface area contributed by atoms with Crippen LogP contribution in [0.5, 0.6) is 0 Å². The van der Waals surface area contributed by atoms with E-state index in [2.05, 4.69) is 5.32 Å². The van der Waals surface area contributed by atoms with Crippen LogP contribution in [0, 0.1) is 11.3 Å². The molecule has 0 atom stereocenters. The third-order valence-corrected chi connectivity index (χ3v) is 2.59. The number of rotatable bonds is 4. The highest BCUT2D eigenvalue weighted by atomic mass is 16.1. The Labute approximate surface area is 105 Å². The molecule has 1 aromatic heterocycles. The molecule has 0 fully saturated rings. The maximum atomic E-state index is 11.7. The van der Waals surface area contributed by atoms with Crippen LogP contribution in [-0.2, 0) is 17.9 Å². The standard InChI is InChI=1S/C14H13N3O/c15-9-13-7-4-8-17(13)11-14(18)16-10-12-5-2-1-3-6-12/h1-8H,10-11H2,(H,16,18). The van der Waals surface area contributed by atoms with Crippen molar-refractivity contribution in [3.05, 3.63) is 59.9 Å². The summed E-state index contributed by atoms with van der Waals surface area (Å²) in [6.45, 7) is 0.672. The van der Waals surface area contributed by atoms with Crippen molar-refractivity contribution in [2.45, 2.75) is 13.1 Å². The molecule has 0 aliphatic heterocycles. The third-order valence-electron chi connectivity index (χ3n) is 2.59. The zero-order valence-corrected chi connectivity index (χ0v) is 9.84. The van der Waals surface area contributed by atoms with Crippen LogP contribution in [0.2, 0.25) is 0 Å². The number of hydrogen-bond acceptors (Lipinski definition) is 2. The average Bonchev–Trinajstić information content (AvgIpc) is 2.85. The zero-order chi connectivity index (χ0) is 12.8. The van der Waals surface area contributed by atoms with E-state index in [1.807, 2.05) is 36.4 Å². The Morgan fingerprint density at radius 1 is 1.22 bits per heavy atom. The van der Waals surface area contributed by atoms with Crippen LogP contribution in [0.1, 0.15) is 11.3 Å². The summed E-state index contributed by atoms with van der Waals surface area (Å²) in [7, 11) is 0. The summed E-state index contributed by atoms with van der Waals surface area (Å²) in [5, 5.41) is 11.6. The fourth-order valence-electron chi connectivity index (χ4n) is 1.66. The summed E-state index contributed by atoms with van der Waals surface area (Å²) >= 11 is 0. The number of amides is 1. The molecule has 2 rings (SSSR count). The molecular weight excluding hydrogens is 226 g/mol. The Hall–Kier alpha value is -2.54. The minimum absolute atomic E-state index is 0.105. The largest absolute Gasteiger partial charge is 0.350 e. The predicted molar refractivity (Wildman–Crippen MR) is 67.4 cm³/mol. The summed E-state index contributed by atoms with van der Waals surface area (Å²) in [6.07, 6.45) is 1.72. The topological polar surface area (TPSA) is 57.8 Å². The number of carbonyl (C=O) groups excluding carboxylic acids is 1. The minimum atomic E-state index is -0.105. The SMILES string of the molecule is N#Cc1cccn1CC(=O)NCc1ccccc1. The van der Waals surface area contributed by atoms with Crippen LogP contribution < -0.4 is 5.32 Å². The summed E-state index contributed by atoms with van der Waals surface area (Å²) < 4.78 is 1.63. The molecule has 4 heteroatoms. The molecule has 1 N–H and O–H groups in total. The van der Waals surface area contributed by atoms with Crippen molar-refractivity contribution in [2.75, 3.05) is 0 Å². The van der Waals surface area contributed by atoms with E-state index < -0.39 is 0 Å². The monoisotopic (exact) mass is 239 g/mol. The van der Waals surface area contributed by atoms with Crippen molar-refractivity contribution in [3.8, 4) is 6.07 Å². The van der Waals surface area contributed by atoms with Gasteiger partial charge in [-0.05, 0) is 17.7 Å². The Balaban J connectivity index is 1.88. The lowest BCUT2D eigenvalue weighted by Crippen LogP contribution is -2.27. The van der Waals surface area contributed by atoms with E-state index in [9.17, 15) is 4.79 Å². The lowest BCUT2D eigenvalue weighted by Gasteiger charge is -2.07. The van der Waals surface area contributed by atoms with Gasteiger partial charge in [0.25, 0.3) is 0 Å². The quantitative estimate of drug-likeness (QED) is 0.882. The molecular formula is C14H13N3O. The second-order valence-electron chi connectivity index (χ2n) is 3.90. The molecule has 1 amide bonds. The van der Waals surface area contributed by atoms with Crippen molar-refractivity contribution in [1.29, 1.82) is 5.26 Å². The number of nitriles is 1. The van der Waals surface area contributed by atoms with Crippen LogP contribution in [0.25, 0.3) is 0 Å². The van der Waals surface area contributed by atoms with Gasteiger partial charge in [-0.25, -0.2) is 0 Å². The van der Waals surface area contributed by atoms with Crippen molar-refractivity contribution in [1.82, 2.24) is 9.88 Å². The van der Waals surface area contributed by atoms with E-state index >= 15 is 0 Å². The van der Waals surface area contributed by atoms with Gasteiger partial charge < -0.3 is 9.88 Å². The Bertz CT molecular complexity index is 566. The maximum absolute atomic E-state index is 11.7. The van der Waals surface area contributed by atoms with Crippen molar-refractivity contribution < 1.29 is 4.79 Å². The second-order valence-corrected chi connectivity index (χ2v) is 3.90. The van der Waals surface area contributed by atoms with E-state index in [4.69, 9.17) is 5.26 Å². The first kappa shape index (κ1) is 11.9. The zero-order valence-electron chi connectivity index (χ0n) is 9.84. The van der Waals surface area contributed by atoms with Crippen LogP contribution >= 0.6 is 0 Å². The van der Waals surface area contributed by atoms with Gasteiger partial charge in [0, 0.05) is 12.7 Å². The van der Waals surface area contributed by atoms with Crippen molar-refractivity contribution in [3.63, 3.8) is 0 Å². The van der Waals surface area contributed by atoms with Gasteiger partial charge in [-0.2, -0.15) is 5.26 Å². The molecule has 4 nitrogen and oxygen atoms in total. The molecule has 0 bridgehead atoms. The molecule has 90 valence electrons. The first-order valence-electron chi connectivity index (χ1n) is 5.65. The Kier molecular flexibility index (Phi) is 3.77. The highest BCUT2D eigenvalue weighted by Gasteiger charge is 2.05. The molecule has 1 aromatic carbocycles. The summed E-state index contributed by atoms with van der Waals surface area (Å²) in [4.78, 5) is 11.7. The highest BCUT2D eigenvalue weighted by Crippen LogP contribution is 2.01. The first-order valence-corrected chi connectivity index (χ1v) is 5.65. The molecule has 0 radical (unpaired) electrons. The first-order chi connectivity index (χ1) is 8.79. The Morgan fingerprint density at radius 3 is 2.72 bits per heavy atom. The van der Waals surface area contributed by atoms with Crippen molar-refractivity contribution >= 4 is 5.91 Å². The van der Waals surface area contributed by atoms with Gasteiger partial charge in [-0.15, -0.1) is 0 Å². The molecule has 18 heavy (non-hydrogen) atoms. The van der Waals surface area contributed by atoms with E-state index in [1.165, 1.54) is 0 Å². The van der Waals surface area contributed by atoms with Gasteiger partial charge >= 0.3 is 0 Å². The number of nitrogens with zero attached hydrogens (tertiary/aromatic N) is 2. The molecule has 1 heterocycles. The van der Waals surface area contributed by atoms with E-state index in [1.54, 1.807) is 22.9 Å². The molecule has 0 aliphatic carbocycles. The molecule has 0 spiro atoms. The average molecular weight is 239 g/mol. The van der Waals surface area contributed by atoms with Crippen LogP contribution in [0.3, 0.4) is 0 Å². The van der Waals surface area contributed by atoms with Gasteiger partial charge in [0.05, 0.1) is 0 Å². The molecule has 0 saturated carbocycles. The molecule has 0 saturated heterocycles. The van der Waals surface area contributed by atoms with Gasteiger partial charge in [-0.1, -0.05) is 30.3 Å². The number of hydrogen-bond donors (Lipinski definition) is 1. The van der Waals surface area contributed by atoms with Gasteiger partial charge in [0.2, 0.25) is 5.91 Å². The molecule has 0 unspecified atom stereocenters. The van der Waals surface area contributed by atoms with Crippen LogP contribution in [-0.4, -0.2) is 10.5 Å². The van der Waals surface area contributed by atoms with Gasteiger partial charge in [0.1, 0.15) is 18.3 Å². The number of nitrogens with one attached hydrogen (secondary N) is 1. The number of carbonyl (C=O) groups is 1. The lowest BCUT2D eigenvalue weighted by molar-refractivity contribution is -0.121. The fraction of sp³-hybridized carbons (Fsp3) is 0.143. The van der Waals surface area contributed by atoms with Gasteiger partial charge in [0.15, 0.2) is 0 Å². The predicted octanol–water partition coefficient (Wildman–Crippen LogP) is 1.68. The smallest absolute Gasteiger partial charge is 0.240 e. The summed E-state index contributed by atoms with van der Waals surface area (Å²) in [6, 6.07) is 15.2. The Morgan fingerprint density at radius 2 is 2.00 bits per heavy atom. The number of benzene rings is 1. The number of aromatic nitrogens is 1. The van der Waals surface area contributed by atoms with Crippen LogP contribution in [0.4, 0.5) is 0 Å². The normalized spacial score (nSPS) is 9.72. The van der Waals surface area contributed by atoms with Crippen LogP contribution in [0.15, 0.2) is 48.7 Å². The van der Waals surface area contributed by atoms with E-state index in [0.29, 0.717) is 12.2 Å². The highest BCUT2D eigenvalue weighted by molar-refractivity contribution is 5.75. The lowest BCUT2D eigenvalue weighted by atomic mass is 10.2. The third kappa shape index (κ3) is 2.98.